The Morgan fingerprint density at radius 2 is 1.83 bits per heavy atom. The van der Waals surface area contributed by atoms with Crippen LogP contribution in [0.3, 0.4) is 0 Å². The molecule has 0 aliphatic carbocycles. The van der Waals surface area contributed by atoms with E-state index >= 15 is 0 Å². The lowest BCUT2D eigenvalue weighted by molar-refractivity contribution is -0.383. The van der Waals surface area contributed by atoms with Crippen molar-refractivity contribution in [2.24, 2.45) is 0 Å². The minimum Gasteiger partial charge on any atom is -0.454 e. The van der Waals surface area contributed by atoms with E-state index in [1.54, 1.807) is 6.07 Å². The van der Waals surface area contributed by atoms with Crippen LogP contribution in [0.4, 0.5) is 11.4 Å². The molecule has 0 saturated carbocycles. The normalized spacial score (nSPS) is 10.3. The summed E-state index contributed by atoms with van der Waals surface area (Å²) < 4.78 is 5.56. The number of carbonyl (C=O) groups is 1. The van der Waals surface area contributed by atoms with E-state index in [4.69, 9.17) is 39.5 Å². The number of nitro benzene ring substituents is 1. The molecule has 23 heavy (non-hydrogen) atoms. The van der Waals surface area contributed by atoms with E-state index in [9.17, 15) is 14.9 Å². The van der Waals surface area contributed by atoms with Crippen LogP contribution in [-0.4, -0.2) is 10.8 Å². The van der Waals surface area contributed by atoms with Gasteiger partial charge >= 0.3 is 0 Å². The number of carbonyl (C=O) groups excluding carboxylic acids is 1. The van der Waals surface area contributed by atoms with Gasteiger partial charge in [-0.3, -0.25) is 14.9 Å². The van der Waals surface area contributed by atoms with Gasteiger partial charge in [-0.2, -0.15) is 0 Å². The Morgan fingerprint density at radius 3 is 2.39 bits per heavy atom. The van der Waals surface area contributed by atoms with Gasteiger partial charge in [0, 0.05) is 18.0 Å². The Morgan fingerprint density at radius 1 is 1.17 bits per heavy atom. The highest BCUT2D eigenvalue weighted by molar-refractivity contribution is 6.36. The van der Waals surface area contributed by atoms with Crippen molar-refractivity contribution in [2.75, 3.05) is 5.32 Å². The molecule has 0 saturated heterocycles. The number of benzene rings is 2. The molecule has 120 valence electrons. The third-order valence-corrected chi connectivity index (χ3v) is 3.60. The molecule has 0 unspecified atom stereocenters. The van der Waals surface area contributed by atoms with Crippen molar-refractivity contribution in [3.05, 3.63) is 55.5 Å². The molecular formula is C14H9Cl3N2O4. The number of nitro groups is 1. The molecule has 0 bridgehead atoms. The first kappa shape index (κ1) is 17.3. The summed E-state index contributed by atoms with van der Waals surface area (Å²) in [6, 6.07) is 7.07. The Kier molecular flexibility index (Phi) is 5.30. The molecule has 2 rings (SSSR count). The molecule has 1 amide bonds. The van der Waals surface area contributed by atoms with Gasteiger partial charge in [0.15, 0.2) is 0 Å². The molecule has 0 aromatic heterocycles. The maximum absolute atomic E-state index is 11.2. The minimum atomic E-state index is -0.657. The monoisotopic (exact) mass is 374 g/mol. The number of hydrogen-bond acceptors (Lipinski definition) is 4. The van der Waals surface area contributed by atoms with Crippen LogP contribution in [0.5, 0.6) is 11.5 Å². The van der Waals surface area contributed by atoms with Crippen molar-refractivity contribution in [1.82, 2.24) is 0 Å². The van der Waals surface area contributed by atoms with Crippen molar-refractivity contribution < 1.29 is 14.5 Å². The van der Waals surface area contributed by atoms with Gasteiger partial charge in [-0.1, -0.05) is 34.8 Å². The van der Waals surface area contributed by atoms with Gasteiger partial charge in [-0.15, -0.1) is 0 Å². The van der Waals surface area contributed by atoms with E-state index < -0.39 is 10.8 Å². The van der Waals surface area contributed by atoms with Crippen LogP contribution >= 0.6 is 34.8 Å². The molecule has 9 heteroatoms. The van der Waals surface area contributed by atoms with E-state index in [0.717, 1.165) is 0 Å². The number of rotatable bonds is 4. The van der Waals surface area contributed by atoms with Crippen LogP contribution < -0.4 is 10.1 Å². The highest BCUT2D eigenvalue weighted by Gasteiger charge is 2.22. The fourth-order valence-corrected chi connectivity index (χ4v) is 2.44. The molecule has 0 atom stereocenters. The van der Waals surface area contributed by atoms with Gasteiger partial charge in [0.05, 0.1) is 9.95 Å². The molecule has 0 fully saturated rings. The smallest absolute Gasteiger partial charge is 0.294 e. The van der Waals surface area contributed by atoms with Crippen molar-refractivity contribution >= 4 is 52.1 Å². The van der Waals surface area contributed by atoms with Crippen LogP contribution in [0, 0.1) is 10.1 Å². The summed E-state index contributed by atoms with van der Waals surface area (Å²) in [5, 5.41) is 13.9. The van der Waals surface area contributed by atoms with Gasteiger partial charge < -0.3 is 10.1 Å². The molecule has 6 nitrogen and oxygen atoms in total. The Bertz CT molecular complexity index is 796. The van der Waals surface area contributed by atoms with Crippen molar-refractivity contribution in [2.45, 2.75) is 6.92 Å². The molecule has 2 aromatic rings. The highest BCUT2D eigenvalue weighted by Crippen LogP contribution is 2.42. The fourth-order valence-electron chi connectivity index (χ4n) is 1.75. The molecule has 1 N–H and O–H groups in total. The summed E-state index contributed by atoms with van der Waals surface area (Å²) in [6.45, 7) is 1.21. The molecule has 0 aliphatic heterocycles. The standard InChI is InChI=1S/C14H9Cl3N2O4/c1-7(20)18-14-10(19(21)22)3-5-12(13(14)17)23-11-4-2-8(15)6-9(11)16/h2-6H,1H3,(H,18,20). The van der Waals surface area contributed by atoms with Crippen molar-refractivity contribution in [3.63, 3.8) is 0 Å². The second-order valence-electron chi connectivity index (χ2n) is 4.39. The second-order valence-corrected chi connectivity index (χ2v) is 5.61. The van der Waals surface area contributed by atoms with E-state index in [2.05, 4.69) is 5.32 Å². The van der Waals surface area contributed by atoms with Crippen LogP contribution in [0.15, 0.2) is 30.3 Å². The lowest BCUT2D eigenvalue weighted by atomic mass is 10.2. The predicted octanol–water partition coefficient (Wildman–Crippen LogP) is 5.31. The minimum absolute atomic E-state index is 0.102. The fraction of sp³-hybridized carbons (Fsp3) is 0.0714. The van der Waals surface area contributed by atoms with Crippen LogP contribution in [-0.2, 0) is 4.79 Å². The Balaban J connectivity index is 2.47. The number of nitrogens with one attached hydrogen (secondary N) is 1. The summed E-state index contributed by atoms with van der Waals surface area (Å²) >= 11 is 17.9. The highest BCUT2D eigenvalue weighted by atomic mass is 35.5. The maximum Gasteiger partial charge on any atom is 0.294 e. The van der Waals surface area contributed by atoms with Gasteiger partial charge in [-0.25, -0.2) is 0 Å². The maximum atomic E-state index is 11.2. The largest absolute Gasteiger partial charge is 0.454 e. The molecule has 2 aromatic carbocycles. The summed E-state index contributed by atoms with van der Waals surface area (Å²) in [6.07, 6.45) is 0. The SMILES string of the molecule is CC(=O)Nc1c([N+](=O)[O-])ccc(Oc2ccc(Cl)cc2Cl)c1Cl. The molecule has 0 spiro atoms. The molecule has 0 aliphatic rings. The zero-order chi connectivity index (χ0) is 17.1. The molecule has 0 radical (unpaired) electrons. The summed E-state index contributed by atoms with van der Waals surface area (Å²) in [5.41, 5.74) is -0.494. The van der Waals surface area contributed by atoms with Crippen molar-refractivity contribution in [1.29, 1.82) is 0 Å². The second kappa shape index (κ2) is 7.04. The first-order valence-electron chi connectivity index (χ1n) is 6.17. The number of nitrogens with zero attached hydrogens (tertiary/aromatic N) is 1. The lowest BCUT2D eigenvalue weighted by Crippen LogP contribution is -2.09. The van der Waals surface area contributed by atoms with Crippen molar-refractivity contribution in [3.8, 4) is 11.5 Å². The van der Waals surface area contributed by atoms with Gasteiger partial charge in [-0.05, 0) is 24.3 Å². The first-order chi connectivity index (χ1) is 10.8. The van der Waals surface area contributed by atoms with Gasteiger partial charge in [0.2, 0.25) is 5.91 Å². The number of ether oxygens (including phenoxy) is 1. The van der Waals surface area contributed by atoms with E-state index in [1.165, 1.54) is 31.2 Å². The van der Waals surface area contributed by atoms with Crippen LogP contribution in [0.25, 0.3) is 0 Å². The zero-order valence-corrected chi connectivity index (χ0v) is 13.9. The van der Waals surface area contributed by atoms with E-state index in [0.29, 0.717) is 5.02 Å². The average Bonchev–Trinajstić information content (AvgIpc) is 2.45. The summed E-state index contributed by atoms with van der Waals surface area (Å²) in [5.74, 6) is -0.137. The van der Waals surface area contributed by atoms with Gasteiger partial charge in [0.1, 0.15) is 22.2 Å². The number of halogens is 3. The zero-order valence-electron chi connectivity index (χ0n) is 11.6. The number of hydrogen-bond donors (Lipinski definition) is 1. The Hall–Kier alpha value is -2.02. The topological polar surface area (TPSA) is 81.5 Å². The predicted molar refractivity (Wildman–Crippen MR) is 88.9 cm³/mol. The quantitative estimate of drug-likeness (QED) is 0.580. The third kappa shape index (κ3) is 4.04. The van der Waals surface area contributed by atoms with E-state index in [1.807, 2.05) is 0 Å². The van der Waals surface area contributed by atoms with Gasteiger partial charge in [0.25, 0.3) is 5.69 Å². The first-order valence-corrected chi connectivity index (χ1v) is 7.30. The molecule has 0 heterocycles. The van der Waals surface area contributed by atoms with Crippen LogP contribution in [0.1, 0.15) is 6.92 Å². The molecular weight excluding hydrogens is 367 g/mol. The van der Waals surface area contributed by atoms with Crippen LogP contribution in [0.2, 0.25) is 15.1 Å². The summed E-state index contributed by atoms with van der Waals surface area (Å²) in [4.78, 5) is 21.6. The number of amides is 1. The third-order valence-electron chi connectivity index (χ3n) is 2.70. The average molecular weight is 376 g/mol. The van der Waals surface area contributed by atoms with E-state index in [-0.39, 0.29) is 32.9 Å². The Labute approximate surface area is 146 Å². The lowest BCUT2D eigenvalue weighted by Gasteiger charge is -2.12. The number of anilines is 1. The summed E-state index contributed by atoms with van der Waals surface area (Å²) in [7, 11) is 0.